The van der Waals surface area contributed by atoms with Crippen molar-refractivity contribution < 1.29 is 4.79 Å². The van der Waals surface area contributed by atoms with E-state index < -0.39 is 0 Å². The average Bonchev–Trinajstić information content (AvgIpc) is 2.58. The van der Waals surface area contributed by atoms with Crippen molar-refractivity contribution in [3.8, 4) is 0 Å². The first-order valence-corrected chi connectivity index (χ1v) is 8.08. The molecule has 3 nitrogen and oxygen atoms in total. The molecule has 1 atom stereocenters. The number of hydrogen-bond donors (Lipinski definition) is 1. The highest BCUT2D eigenvalue weighted by Gasteiger charge is 2.37. The first-order chi connectivity index (χ1) is 11.2. The van der Waals surface area contributed by atoms with E-state index >= 15 is 0 Å². The topological polar surface area (TPSA) is 42.0 Å². The molecule has 1 N–H and O–H groups in total. The molecular formula is C20H22N2O. The number of carbonyl (C=O) groups excluding carboxylic acids is 1. The van der Waals surface area contributed by atoms with Crippen LogP contribution in [0.2, 0.25) is 0 Å². The lowest BCUT2D eigenvalue weighted by Crippen LogP contribution is -2.36. The number of aryl methyl sites for hydroxylation is 1. The molecule has 1 aliphatic rings. The Balaban J connectivity index is 1.91. The fourth-order valence-corrected chi connectivity index (χ4v) is 3.31. The summed E-state index contributed by atoms with van der Waals surface area (Å²) in [6.07, 6.45) is 11.1. The summed E-state index contributed by atoms with van der Waals surface area (Å²) in [5, 5.41) is 4.19. The molecule has 0 bridgehead atoms. The Morgan fingerprint density at radius 3 is 2.96 bits per heavy atom. The van der Waals surface area contributed by atoms with Crippen molar-refractivity contribution in [3.63, 3.8) is 0 Å². The Morgan fingerprint density at radius 1 is 1.39 bits per heavy atom. The highest BCUT2D eigenvalue weighted by molar-refractivity contribution is 5.98. The Bertz CT molecular complexity index is 778. The minimum Gasteiger partial charge on any atom is -0.324 e. The summed E-state index contributed by atoms with van der Waals surface area (Å²) in [5.74, 6) is 0.0712. The van der Waals surface area contributed by atoms with Gasteiger partial charge >= 0.3 is 0 Å². The van der Waals surface area contributed by atoms with Crippen molar-refractivity contribution in [1.29, 1.82) is 0 Å². The lowest BCUT2D eigenvalue weighted by Gasteiger charge is -2.32. The number of anilines is 1. The zero-order valence-corrected chi connectivity index (χ0v) is 13.5. The van der Waals surface area contributed by atoms with Gasteiger partial charge in [0, 0.05) is 5.39 Å². The Hall–Kier alpha value is -2.42. The van der Waals surface area contributed by atoms with Crippen LogP contribution in [0, 0.1) is 12.3 Å². The standard InChI is InChI=1S/C20H22N2O/c1-3-11-20(12-7-4-8-13-20)19(23)22-18-14-21-17-10-6-5-9-16(17)15(18)2/h3-7,9-10,14H,1,8,11-13H2,2H3,(H,22,23). The van der Waals surface area contributed by atoms with Crippen LogP contribution in [0.3, 0.4) is 0 Å². The van der Waals surface area contributed by atoms with Crippen LogP contribution in [0.5, 0.6) is 0 Å². The summed E-state index contributed by atoms with van der Waals surface area (Å²) < 4.78 is 0. The Labute approximate surface area is 137 Å². The van der Waals surface area contributed by atoms with E-state index in [4.69, 9.17) is 0 Å². The average molecular weight is 306 g/mol. The van der Waals surface area contributed by atoms with Gasteiger partial charge in [-0.15, -0.1) is 6.58 Å². The molecule has 0 fully saturated rings. The molecule has 3 heteroatoms. The lowest BCUT2D eigenvalue weighted by atomic mass is 9.73. The summed E-state index contributed by atoms with van der Waals surface area (Å²) in [7, 11) is 0. The van der Waals surface area contributed by atoms with E-state index in [-0.39, 0.29) is 11.3 Å². The summed E-state index contributed by atoms with van der Waals surface area (Å²) in [6.45, 7) is 5.86. The maximum atomic E-state index is 12.9. The number of para-hydroxylation sites is 1. The molecule has 3 rings (SSSR count). The van der Waals surface area contributed by atoms with E-state index in [0.29, 0.717) is 6.42 Å². The Kier molecular flexibility index (Phi) is 4.28. The molecule has 1 amide bonds. The molecule has 0 spiro atoms. The van der Waals surface area contributed by atoms with Gasteiger partial charge in [-0.25, -0.2) is 0 Å². The van der Waals surface area contributed by atoms with Crippen molar-refractivity contribution in [1.82, 2.24) is 4.98 Å². The minimum absolute atomic E-state index is 0.0712. The first kappa shape index (κ1) is 15.5. The van der Waals surface area contributed by atoms with Crippen LogP contribution in [0.15, 0.2) is 55.3 Å². The van der Waals surface area contributed by atoms with Crippen molar-refractivity contribution in [2.45, 2.75) is 32.6 Å². The second-order valence-electron chi connectivity index (χ2n) is 6.26. The van der Waals surface area contributed by atoms with Gasteiger partial charge in [0.05, 0.1) is 22.8 Å². The van der Waals surface area contributed by atoms with Gasteiger partial charge in [-0.2, -0.15) is 0 Å². The normalized spacial score (nSPS) is 20.4. The lowest BCUT2D eigenvalue weighted by molar-refractivity contribution is -0.126. The van der Waals surface area contributed by atoms with Crippen molar-refractivity contribution in [2.75, 3.05) is 5.32 Å². The van der Waals surface area contributed by atoms with E-state index in [9.17, 15) is 4.79 Å². The number of nitrogens with zero attached hydrogens (tertiary/aromatic N) is 1. The number of amides is 1. The molecule has 1 aromatic heterocycles. The van der Waals surface area contributed by atoms with E-state index in [0.717, 1.165) is 41.4 Å². The van der Waals surface area contributed by atoms with Gasteiger partial charge in [0.2, 0.25) is 5.91 Å². The highest BCUT2D eigenvalue weighted by atomic mass is 16.2. The largest absolute Gasteiger partial charge is 0.324 e. The molecule has 1 heterocycles. The predicted octanol–water partition coefficient (Wildman–Crippen LogP) is 4.78. The fourth-order valence-electron chi connectivity index (χ4n) is 3.31. The summed E-state index contributed by atoms with van der Waals surface area (Å²) in [6, 6.07) is 7.99. The zero-order chi connectivity index (χ0) is 16.3. The molecule has 1 unspecified atom stereocenters. The number of fused-ring (bicyclic) bond motifs is 1. The predicted molar refractivity (Wildman–Crippen MR) is 95.3 cm³/mol. The molecule has 0 saturated carbocycles. The van der Waals surface area contributed by atoms with Gasteiger partial charge in [-0.3, -0.25) is 9.78 Å². The fraction of sp³-hybridized carbons (Fsp3) is 0.300. The first-order valence-electron chi connectivity index (χ1n) is 8.08. The number of hydrogen-bond acceptors (Lipinski definition) is 2. The van der Waals surface area contributed by atoms with Gasteiger partial charge in [-0.05, 0) is 44.2 Å². The quantitative estimate of drug-likeness (QED) is 0.826. The molecule has 0 aliphatic heterocycles. The second kappa shape index (κ2) is 6.37. The molecule has 23 heavy (non-hydrogen) atoms. The summed E-state index contributed by atoms with van der Waals surface area (Å²) >= 11 is 0. The van der Waals surface area contributed by atoms with Crippen LogP contribution in [-0.4, -0.2) is 10.9 Å². The number of pyridine rings is 1. The summed E-state index contributed by atoms with van der Waals surface area (Å²) in [5.41, 5.74) is 2.43. The van der Waals surface area contributed by atoms with Gasteiger partial charge in [-0.1, -0.05) is 36.4 Å². The van der Waals surface area contributed by atoms with Crippen LogP contribution in [-0.2, 0) is 4.79 Å². The van der Waals surface area contributed by atoms with Crippen LogP contribution >= 0.6 is 0 Å². The van der Waals surface area contributed by atoms with Crippen LogP contribution < -0.4 is 5.32 Å². The molecule has 0 saturated heterocycles. The monoisotopic (exact) mass is 306 g/mol. The van der Waals surface area contributed by atoms with Gasteiger partial charge in [0.25, 0.3) is 0 Å². The molecule has 2 aromatic rings. The summed E-state index contributed by atoms with van der Waals surface area (Å²) in [4.78, 5) is 17.4. The second-order valence-corrected chi connectivity index (χ2v) is 6.26. The van der Waals surface area contributed by atoms with Crippen LogP contribution in [0.1, 0.15) is 31.2 Å². The molecule has 0 radical (unpaired) electrons. The number of benzene rings is 1. The molecule has 1 aromatic carbocycles. The number of allylic oxidation sites excluding steroid dienone is 3. The Morgan fingerprint density at radius 2 is 2.22 bits per heavy atom. The van der Waals surface area contributed by atoms with E-state index in [2.05, 4.69) is 29.0 Å². The van der Waals surface area contributed by atoms with Crippen LogP contribution in [0.4, 0.5) is 5.69 Å². The van der Waals surface area contributed by atoms with E-state index in [1.165, 1.54) is 0 Å². The number of rotatable bonds is 4. The maximum absolute atomic E-state index is 12.9. The van der Waals surface area contributed by atoms with Gasteiger partial charge in [0.15, 0.2) is 0 Å². The van der Waals surface area contributed by atoms with Gasteiger partial charge < -0.3 is 5.32 Å². The van der Waals surface area contributed by atoms with Crippen molar-refractivity contribution in [3.05, 3.63) is 60.8 Å². The molecular weight excluding hydrogens is 284 g/mol. The third kappa shape index (κ3) is 2.91. The minimum atomic E-state index is -0.380. The molecule has 118 valence electrons. The van der Waals surface area contributed by atoms with Crippen LogP contribution in [0.25, 0.3) is 10.9 Å². The third-order valence-electron chi connectivity index (χ3n) is 4.77. The van der Waals surface area contributed by atoms with E-state index in [1.807, 2.05) is 37.3 Å². The third-order valence-corrected chi connectivity index (χ3v) is 4.77. The maximum Gasteiger partial charge on any atom is 0.231 e. The highest BCUT2D eigenvalue weighted by Crippen LogP contribution is 2.38. The number of nitrogens with one attached hydrogen (secondary N) is 1. The smallest absolute Gasteiger partial charge is 0.231 e. The number of carbonyl (C=O) groups is 1. The zero-order valence-electron chi connectivity index (χ0n) is 13.5. The SMILES string of the molecule is C=CCC1(C(=O)Nc2cnc3ccccc3c2C)CC=CCC1. The molecule has 1 aliphatic carbocycles. The van der Waals surface area contributed by atoms with Crippen molar-refractivity contribution in [2.24, 2.45) is 5.41 Å². The number of aromatic nitrogens is 1. The van der Waals surface area contributed by atoms with E-state index in [1.54, 1.807) is 6.20 Å². The van der Waals surface area contributed by atoms with Crippen molar-refractivity contribution >= 4 is 22.5 Å². The van der Waals surface area contributed by atoms with Gasteiger partial charge in [0.1, 0.15) is 0 Å².